The molecule has 1 heterocycles. The Morgan fingerprint density at radius 3 is 2.60 bits per heavy atom. The number of rotatable bonds is 5. The van der Waals surface area contributed by atoms with Crippen LogP contribution in [0.25, 0.3) is 16.6 Å². The monoisotopic (exact) mass is 433 g/mol. The van der Waals surface area contributed by atoms with Gasteiger partial charge in [0.05, 0.1) is 40.4 Å². The van der Waals surface area contributed by atoms with E-state index in [4.69, 9.17) is 26.6 Å². The predicted octanol–water partition coefficient (Wildman–Crippen LogP) is 5.21. The quantitative estimate of drug-likeness (QED) is 0.319. The molecule has 0 N–H and O–H groups in total. The third kappa shape index (κ3) is 3.90. The Labute approximate surface area is 182 Å². The molecule has 148 valence electrons. The summed E-state index contributed by atoms with van der Waals surface area (Å²) in [5.41, 5.74) is 2.73. The number of thioether (sulfide) groups is 1. The first-order chi connectivity index (χ1) is 14.6. The van der Waals surface area contributed by atoms with Crippen LogP contribution in [-0.2, 0) is 5.75 Å². The molecule has 0 fully saturated rings. The van der Waals surface area contributed by atoms with E-state index in [9.17, 15) is 4.79 Å². The number of ether oxygens (including phenoxy) is 1. The number of fused-ring (bicyclic) bond motifs is 1. The van der Waals surface area contributed by atoms with E-state index in [1.165, 1.54) is 11.8 Å². The smallest absolute Gasteiger partial charge is 0.266 e. The first-order valence-electron chi connectivity index (χ1n) is 9.08. The number of benzene rings is 3. The Bertz CT molecular complexity index is 1330. The predicted molar refractivity (Wildman–Crippen MR) is 120 cm³/mol. The molecule has 0 radical (unpaired) electrons. The fourth-order valence-corrected chi connectivity index (χ4v) is 4.28. The molecule has 0 aliphatic carbocycles. The maximum atomic E-state index is 13.3. The summed E-state index contributed by atoms with van der Waals surface area (Å²) in [6.07, 6.45) is 0. The van der Waals surface area contributed by atoms with Gasteiger partial charge >= 0.3 is 0 Å². The fourth-order valence-electron chi connectivity index (χ4n) is 3.05. The normalized spacial score (nSPS) is 10.7. The molecule has 4 rings (SSSR count). The number of nitrogens with zero attached hydrogens (tertiary/aromatic N) is 3. The SMILES string of the molecule is COc1ccc(-n2c(SCc3ccc(C#N)cc3)nc3ccccc3c2=O)cc1Cl. The third-order valence-corrected chi connectivity index (χ3v) is 5.89. The van der Waals surface area contributed by atoms with Crippen molar-refractivity contribution >= 4 is 34.3 Å². The third-order valence-electron chi connectivity index (χ3n) is 4.59. The van der Waals surface area contributed by atoms with Crippen molar-refractivity contribution < 1.29 is 4.74 Å². The zero-order chi connectivity index (χ0) is 21.1. The van der Waals surface area contributed by atoms with Gasteiger partial charge in [0.25, 0.3) is 5.56 Å². The summed E-state index contributed by atoms with van der Waals surface area (Å²) >= 11 is 7.76. The molecule has 0 atom stereocenters. The lowest BCUT2D eigenvalue weighted by Crippen LogP contribution is -2.21. The first-order valence-corrected chi connectivity index (χ1v) is 10.4. The summed E-state index contributed by atoms with van der Waals surface area (Å²) < 4.78 is 6.80. The van der Waals surface area contributed by atoms with Gasteiger partial charge in [0.2, 0.25) is 0 Å². The molecule has 0 aliphatic rings. The van der Waals surface area contributed by atoms with E-state index in [1.54, 1.807) is 48.1 Å². The first kappa shape index (κ1) is 20.0. The molecule has 7 heteroatoms. The lowest BCUT2D eigenvalue weighted by atomic mass is 10.2. The molecule has 30 heavy (non-hydrogen) atoms. The maximum Gasteiger partial charge on any atom is 0.266 e. The van der Waals surface area contributed by atoms with E-state index < -0.39 is 0 Å². The van der Waals surface area contributed by atoms with Gasteiger partial charge in [-0.25, -0.2) is 4.98 Å². The molecule has 0 saturated heterocycles. The highest BCUT2D eigenvalue weighted by molar-refractivity contribution is 7.98. The van der Waals surface area contributed by atoms with Gasteiger partial charge in [0.1, 0.15) is 5.75 Å². The van der Waals surface area contributed by atoms with Crippen molar-refractivity contribution in [3.63, 3.8) is 0 Å². The molecule has 0 unspecified atom stereocenters. The number of nitriles is 1. The van der Waals surface area contributed by atoms with Crippen LogP contribution in [-0.4, -0.2) is 16.7 Å². The van der Waals surface area contributed by atoms with Gasteiger partial charge in [-0.1, -0.05) is 47.6 Å². The number of para-hydroxylation sites is 1. The van der Waals surface area contributed by atoms with Gasteiger partial charge in [-0.15, -0.1) is 0 Å². The summed E-state index contributed by atoms with van der Waals surface area (Å²) in [7, 11) is 1.55. The van der Waals surface area contributed by atoms with Gasteiger partial charge in [0.15, 0.2) is 5.16 Å². The summed E-state index contributed by atoms with van der Waals surface area (Å²) in [5, 5.41) is 10.5. The minimum absolute atomic E-state index is 0.163. The molecule has 0 aliphatic heterocycles. The largest absolute Gasteiger partial charge is 0.495 e. The van der Waals surface area contributed by atoms with Crippen LogP contribution in [0.5, 0.6) is 5.75 Å². The summed E-state index contributed by atoms with van der Waals surface area (Å²) in [6.45, 7) is 0. The van der Waals surface area contributed by atoms with Gasteiger partial charge in [0, 0.05) is 5.75 Å². The average molecular weight is 434 g/mol. The fraction of sp³-hybridized carbons (Fsp3) is 0.0870. The summed E-state index contributed by atoms with van der Waals surface area (Å²) in [4.78, 5) is 18.0. The Hall–Kier alpha value is -3.27. The van der Waals surface area contributed by atoms with E-state index in [1.807, 2.05) is 30.3 Å². The van der Waals surface area contributed by atoms with E-state index in [0.29, 0.717) is 43.8 Å². The van der Waals surface area contributed by atoms with Gasteiger partial charge < -0.3 is 4.74 Å². The van der Waals surface area contributed by atoms with E-state index in [-0.39, 0.29) is 5.56 Å². The Kier molecular flexibility index (Phi) is 5.75. The molecule has 5 nitrogen and oxygen atoms in total. The molecule has 4 aromatic rings. The van der Waals surface area contributed by atoms with Gasteiger partial charge in [-0.2, -0.15) is 5.26 Å². The van der Waals surface area contributed by atoms with Crippen LogP contribution in [0.15, 0.2) is 76.7 Å². The number of hydrogen-bond donors (Lipinski definition) is 0. The summed E-state index contributed by atoms with van der Waals surface area (Å²) in [6, 6.07) is 22.0. The van der Waals surface area contributed by atoms with Crippen molar-refractivity contribution in [1.29, 1.82) is 5.26 Å². The zero-order valence-electron chi connectivity index (χ0n) is 16.0. The minimum atomic E-state index is -0.163. The van der Waals surface area contributed by atoms with Crippen LogP contribution in [0.2, 0.25) is 5.02 Å². The van der Waals surface area contributed by atoms with Crippen LogP contribution in [0.4, 0.5) is 0 Å². The molecule has 0 spiro atoms. The van der Waals surface area contributed by atoms with Crippen LogP contribution < -0.4 is 10.3 Å². The molecule has 3 aromatic carbocycles. The van der Waals surface area contributed by atoms with E-state index in [0.717, 1.165) is 5.56 Å². The zero-order valence-corrected chi connectivity index (χ0v) is 17.6. The Morgan fingerprint density at radius 1 is 1.13 bits per heavy atom. The van der Waals surface area contributed by atoms with Crippen molar-refractivity contribution in [2.45, 2.75) is 10.9 Å². The highest BCUT2D eigenvalue weighted by atomic mass is 35.5. The molecule has 0 bridgehead atoms. The topological polar surface area (TPSA) is 67.9 Å². The second-order valence-corrected chi connectivity index (χ2v) is 7.82. The van der Waals surface area contributed by atoms with Gasteiger partial charge in [-0.3, -0.25) is 9.36 Å². The van der Waals surface area contributed by atoms with E-state index in [2.05, 4.69) is 6.07 Å². The minimum Gasteiger partial charge on any atom is -0.495 e. The average Bonchev–Trinajstić information content (AvgIpc) is 2.78. The number of methoxy groups -OCH3 is 1. The maximum absolute atomic E-state index is 13.3. The highest BCUT2D eigenvalue weighted by Crippen LogP contribution is 2.29. The Morgan fingerprint density at radius 2 is 1.90 bits per heavy atom. The summed E-state index contributed by atoms with van der Waals surface area (Å²) in [5.74, 6) is 1.13. The van der Waals surface area contributed by atoms with Crippen LogP contribution in [0.1, 0.15) is 11.1 Å². The second-order valence-electron chi connectivity index (χ2n) is 6.47. The highest BCUT2D eigenvalue weighted by Gasteiger charge is 2.15. The second kappa shape index (κ2) is 8.62. The van der Waals surface area contributed by atoms with Crippen molar-refractivity contribution in [1.82, 2.24) is 9.55 Å². The van der Waals surface area contributed by atoms with Crippen molar-refractivity contribution in [2.75, 3.05) is 7.11 Å². The number of aromatic nitrogens is 2. The van der Waals surface area contributed by atoms with Crippen molar-refractivity contribution in [3.05, 3.63) is 93.2 Å². The van der Waals surface area contributed by atoms with Gasteiger partial charge in [-0.05, 0) is 48.0 Å². The van der Waals surface area contributed by atoms with Crippen LogP contribution in [0, 0.1) is 11.3 Å². The van der Waals surface area contributed by atoms with Crippen molar-refractivity contribution in [2.24, 2.45) is 0 Å². The molecule has 0 saturated carbocycles. The van der Waals surface area contributed by atoms with Crippen LogP contribution in [0.3, 0.4) is 0 Å². The molecular weight excluding hydrogens is 418 g/mol. The molecule has 1 aromatic heterocycles. The Balaban J connectivity index is 1.80. The standard InChI is InChI=1S/C23H16ClN3O2S/c1-29-21-11-10-17(12-19(21)24)27-22(28)18-4-2-3-5-20(18)26-23(27)30-14-16-8-6-15(13-25)7-9-16/h2-12H,14H2,1H3. The number of hydrogen-bond acceptors (Lipinski definition) is 5. The number of halogens is 1. The molecular formula is C23H16ClN3O2S. The van der Waals surface area contributed by atoms with Crippen LogP contribution >= 0.6 is 23.4 Å². The van der Waals surface area contributed by atoms with Crippen molar-refractivity contribution in [3.8, 4) is 17.5 Å². The lowest BCUT2D eigenvalue weighted by molar-refractivity contribution is 0.415. The van der Waals surface area contributed by atoms with E-state index >= 15 is 0 Å². The lowest BCUT2D eigenvalue weighted by Gasteiger charge is -2.14. The molecule has 0 amide bonds.